The van der Waals surface area contributed by atoms with Gasteiger partial charge in [0.15, 0.2) is 0 Å². The van der Waals surface area contributed by atoms with Crippen LogP contribution in [-0.4, -0.2) is 73.6 Å². The maximum atomic E-state index is 12.0. The molecule has 0 radical (unpaired) electrons. The van der Waals surface area contributed by atoms with Gasteiger partial charge in [-0.25, -0.2) is 0 Å². The molecule has 1 atom stereocenters. The zero-order chi connectivity index (χ0) is 13.9. The third kappa shape index (κ3) is 3.91. The zero-order valence-corrected chi connectivity index (χ0v) is 12.5. The highest BCUT2D eigenvalue weighted by Crippen LogP contribution is 2.16. The topological polar surface area (TPSA) is 47.6 Å². The van der Waals surface area contributed by atoms with Crippen molar-refractivity contribution >= 4 is 5.91 Å². The molecule has 2 saturated heterocycles. The zero-order valence-electron chi connectivity index (χ0n) is 12.5. The molecule has 2 N–H and O–H groups in total. The predicted molar refractivity (Wildman–Crippen MR) is 77.2 cm³/mol. The van der Waals surface area contributed by atoms with Gasteiger partial charge in [-0.05, 0) is 40.3 Å². The van der Waals surface area contributed by atoms with Crippen LogP contribution in [0.3, 0.4) is 0 Å². The highest BCUT2D eigenvalue weighted by Gasteiger charge is 2.30. The highest BCUT2D eigenvalue weighted by atomic mass is 16.2. The van der Waals surface area contributed by atoms with E-state index in [1.807, 2.05) is 0 Å². The number of amides is 1. The van der Waals surface area contributed by atoms with E-state index in [9.17, 15) is 4.79 Å². The molecule has 0 spiro atoms. The van der Waals surface area contributed by atoms with E-state index in [1.165, 1.54) is 0 Å². The number of nitrogens with one attached hydrogen (secondary N) is 2. The molecule has 2 heterocycles. The van der Waals surface area contributed by atoms with Gasteiger partial charge in [0.1, 0.15) is 0 Å². The molecule has 19 heavy (non-hydrogen) atoms. The lowest BCUT2D eigenvalue weighted by atomic mass is 10.0. The lowest BCUT2D eigenvalue weighted by Crippen LogP contribution is -2.58. The molecule has 110 valence electrons. The summed E-state index contributed by atoms with van der Waals surface area (Å²) in [5.41, 5.74) is 0.0372. The van der Waals surface area contributed by atoms with Crippen molar-refractivity contribution in [1.29, 1.82) is 0 Å². The minimum Gasteiger partial charge on any atom is -0.353 e. The second-order valence-corrected chi connectivity index (χ2v) is 6.47. The van der Waals surface area contributed by atoms with Gasteiger partial charge in [-0.2, -0.15) is 0 Å². The van der Waals surface area contributed by atoms with Gasteiger partial charge in [0.2, 0.25) is 5.91 Å². The van der Waals surface area contributed by atoms with Crippen molar-refractivity contribution in [2.75, 3.05) is 46.3 Å². The molecular formula is C14H28N4O. The van der Waals surface area contributed by atoms with Gasteiger partial charge < -0.3 is 15.5 Å². The number of nitrogens with zero attached hydrogens (tertiary/aromatic N) is 2. The van der Waals surface area contributed by atoms with E-state index < -0.39 is 0 Å². The summed E-state index contributed by atoms with van der Waals surface area (Å²) in [6, 6.07) is 0.0308. The Labute approximate surface area is 116 Å². The molecule has 2 aliphatic heterocycles. The SMILES string of the molecule is CN1CCN(C(C)(C)CNC(=O)[C@H]2CCCN2)CC1. The molecule has 0 aromatic heterocycles. The second kappa shape index (κ2) is 6.20. The molecule has 0 aliphatic carbocycles. The molecule has 1 amide bonds. The van der Waals surface area contributed by atoms with Crippen molar-refractivity contribution in [2.24, 2.45) is 0 Å². The number of hydrogen-bond acceptors (Lipinski definition) is 4. The van der Waals surface area contributed by atoms with Crippen LogP contribution in [-0.2, 0) is 4.79 Å². The number of hydrogen-bond donors (Lipinski definition) is 2. The fourth-order valence-corrected chi connectivity index (χ4v) is 2.86. The summed E-state index contributed by atoms with van der Waals surface area (Å²) in [5.74, 6) is 0.166. The fraction of sp³-hybridized carbons (Fsp3) is 0.929. The summed E-state index contributed by atoms with van der Waals surface area (Å²) in [6.45, 7) is 10.5. The Hall–Kier alpha value is -0.650. The maximum absolute atomic E-state index is 12.0. The van der Waals surface area contributed by atoms with Gasteiger partial charge >= 0.3 is 0 Å². The van der Waals surface area contributed by atoms with E-state index in [1.54, 1.807) is 0 Å². The summed E-state index contributed by atoms with van der Waals surface area (Å²) in [7, 11) is 2.16. The molecule has 0 aromatic rings. The third-order valence-corrected chi connectivity index (χ3v) is 4.43. The summed E-state index contributed by atoms with van der Waals surface area (Å²) < 4.78 is 0. The number of carbonyl (C=O) groups excluding carboxylic acids is 1. The molecular weight excluding hydrogens is 240 g/mol. The van der Waals surface area contributed by atoms with E-state index in [4.69, 9.17) is 0 Å². The first-order valence-electron chi connectivity index (χ1n) is 7.44. The first-order chi connectivity index (χ1) is 8.99. The molecule has 0 unspecified atom stereocenters. The highest BCUT2D eigenvalue weighted by molar-refractivity contribution is 5.82. The average molecular weight is 268 g/mol. The van der Waals surface area contributed by atoms with Crippen molar-refractivity contribution in [1.82, 2.24) is 20.4 Å². The largest absolute Gasteiger partial charge is 0.353 e. The van der Waals surface area contributed by atoms with Gasteiger partial charge in [0.05, 0.1) is 6.04 Å². The Morgan fingerprint density at radius 1 is 1.32 bits per heavy atom. The van der Waals surface area contributed by atoms with Crippen molar-refractivity contribution in [3.63, 3.8) is 0 Å². The summed E-state index contributed by atoms with van der Waals surface area (Å²) >= 11 is 0. The van der Waals surface area contributed by atoms with Crippen LogP contribution in [0.4, 0.5) is 0 Å². The van der Waals surface area contributed by atoms with Gasteiger partial charge in [-0.15, -0.1) is 0 Å². The lowest BCUT2D eigenvalue weighted by Gasteiger charge is -2.43. The molecule has 5 heteroatoms. The minimum atomic E-state index is 0.0308. The number of carbonyl (C=O) groups is 1. The standard InChI is InChI=1S/C14H28N4O/c1-14(2,18-9-7-17(3)8-10-18)11-16-13(19)12-5-4-6-15-12/h12,15H,4-11H2,1-3H3,(H,16,19)/t12-/m1/s1. The van der Waals surface area contributed by atoms with E-state index in [0.717, 1.165) is 52.1 Å². The Bertz CT molecular complexity index is 305. The monoisotopic (exact) mass is 268 g/mol. The molecule has 2 aliphatic rings. The predicted octanol–water partition coefficient (Wildman–Crippen LogP) is -0.119. The molecule has 5 nitrogen and oxygen atoms in total. The van der Waals surface area contributed by atoms with Crippen LogP contribution in [0, 0.1) is 0 Å². The normalized spacial score (nSPS) is 26.6. The van der Waals surface area contributed by atoms with E-state index in [0.29, 0.717) is 0 Å². The van der Waals surface area contributed by atoms with Crippen molar-refractivity contribution in [3.8, 4) is 0 Å². The smallest absolute Gasteiger partial charge is 0.237 e. The Balaban J connectivity index is 1.78. The van der Waals surface area contributed by atoms with Crippen molar-refractivity contribution < 1.29 is 4.79 Å². The third-order valence-electron chi connectivity index (χ3n) is 4.43. The molecule has 0 bridgehead atoms. The Morgan fingerprint density at radius 2 is 2.00 bits per heavy atom. The van der Waals surface area contributed by atoms with Crippen LogP contribution in [0.2, 0.25) is 0 Å². The second-order valence-electron chi connectivity index (χ2n) is 6.47. The fourth-order valence-electron chi connectivity index (χ4n) is 2.86. The van der Waals surface area contributed by atoms with Gasteiger partial charge in [-0.3, -0.25) is 9.69 Å². The van der Waals surface area contributed by atoms with Crippen molar-refractivity contribution in [2.45, 2.75) is 38.3 Å². The maximum Gasteiger partial charge on any atom is 0.237 e. The Kier molecular flexibility index (Phi) is 4.81. The summed E-state index contributed by atoms with van der Waals surface area (Å²) in [6.07, 6.45) is 2.08. The molecule has 2 rings (SSSR count). The minimum absolute atomic E-state index is 0.0308. The number of rotatable bonds is 4. The van der Waals surface area contributed by atoms with E-state index >= 15 is 0 Å². The average Bonchev–Trinajstić information content (AvgIpc) is 2.90. The molecule has 0 saturated carbocycles. The molecule has 0 aromatic carbocycles. The van der Waals surface area contributed by atoms with Gasteiger partial charge in [-0.1, -0.05) is 0 Å². The van der Waals surface area contributed by atoms with Crippen LogP contribution in [0.25, 0.3) is 0 Å². The van der Waals surface area contributed by atoms with Gasteiger partial charge in [0.25, 0.3) is 0 Å². The quantitative estimate of drug-likeness (QED) is 0.746. The summed E-state index contributed by atoms with van der Waals surface area (Å²) in [5, 5.41) is 6.36. The number of piperazine rings is 1. The Morgan fingerprint density at radius 3 is 2.58 bits per heavy atom. The van der Waals surface area contributed by atoms with Crippen LogP contribution in [0.5, 0.6) is 0 Å². The molecule has 2 fully saturated rings. The van der Waals surface area contributed by atoms with Crippen LogP contribution < -0.4 is 10.6 Å². The van der Waals surface area contributed by atoms with Crippen LogP contribution in [0.15, 0.2) is 0 Å². The first kappa shape index (κ1) is 14.8. The van der Waals surface area contributed by atoms with E-state index in [-0.39, 0.29) is 17.5 Å². The van der Waals surface area contributed by atoms with Crippen LogP contribution in [0.1, 0.15) is 26.7 Å². The summed E-state index contributed by atoms with van der Waals surface area (Å²) in [4.78, 5) is 16.9. The van der Waals surface area contributed by atoms with Crippen LogP contribution >= 0.6 is 0 Å². The lowest BCUT2D eigenvalue weighted by molar-refractivity contribution is -0.123. The van der Waals surface area contributed by atoms with Crippen molar-refractivity contribution in [3.05, 3.63) is 0 Å². The number of likely N-dealkylation sites (N-methyl/N-ethyl adjacent to an activating group) is 1. The first-order valence-corrected chi connectivity index (χ1v) is 7.44. The van der Waals surface area contributed by atoms with E-state index in [2.05, 4.69) is 41.3 Å². The van der Waals surface area contributed by atoms with Gasteiger partial charge in [0, 0.05) is 38.3 Å².